The number of nitrogens with one attached hydrogen (secondary N) is 1. The van der Waals surface area contributed by atoms with Gasteiger partial charge in [0, 0.05) is 52.5 Å². The Kier molecular flexibility index (Phi) is 4.18. The number of likely N-dealkylation sites (N-methyl/N-ethyl adjacent to an activating group) is 1. The maximum absolute atomic E-state index is 4.58. The molecule has 0 unspecified atom stereocenters. The lowest BCUT2D eigenvalue weighted by Crippen LogP contribution is -2.46. The van der Waals surface area contributed by atoms with Crippen LogP contribution < -0.4 is 10.2 Å². The van der Waals surface area contributed by atoms with E-state index in [1.54, 1.807) is 4.52 Å². The van der Waals surface area contributed by atoms with Gasteiger partial charge in [0.05, 0.1) is 4.47 Å². The van der Waals surface area contributed by atoms with Gasteiger partial charge in [-0.25, -0.2) is 4.52 Å². The summed E-state index contributed by atoms with van der Waals surface area (Å²) in [5.41, 5.74) is 0.858. The summed E-state index contributed by atoms with van der Waals surface area (Å²) < 4.78 is 2.77. The van der Waals surface area contributed by atoms with E-state index in [4.69, 9.17) is 0 Å². The molecule has 20 heavy (non-hydrogen) atoms. The molecule has 3 heterocycles. The van der Waals surface area contributed by atoms with E-state index >= 15 is 0 Å². The van der Waals surface area contributed by atoms with Gasteiger partial charge in [-0.2, -0.15) is 4.98 Å². The maximum Gasteiger partial charge on any atom is 0.245 e. The lowest BCUT2D eigenvalue weighted by Gasteiger charge is -2.28. The molecule has 1 fully saturated rings. The summed E-state index contributed by atoms with van der Waals surface area (Å²) in [6.45, 7) is 6.41. The molecule has 0 aromatic carbocycles. The highest BCUT2D eigenvalue weighted by Gasteiger charge is 2.13. The quantitative estimate of drug-likeness (QED) is 0.894. The lowest BCUT2D eigenvalue weighted by molar-refractivity contribution is 0.246. The Hall–Kier alpha value is -1.18. The molecule has 1 aliphatic heterocycles. The van der Waals surface area contributed by atoms with Gasteiger partial charge in [-0.05, 0) is 28.1 Å². The molecule has 0 aliphatic carbocycles. The average Bonchev–Trinajstić information content (AvgIpc) is 2.91. The zero-order valence-corrected chi connectivity index (χ0v) is 13.2. The Morgan fingerprint density at radius 3 is 2.95 bits per heavy atom. The predicted octanol–water partition coefficient (Wildman–Crippen LogP) is 0.833. The second-order valence-electron chi connectivity index (χ2n) is 5.05. The number of nitrogens with zero attached hydrogens (tertiary/aromatic N) is 5. The number of piperazine rings is 1. The average molecular weight is 339 g/mol. The Bertz CT molecular complexity index is 577. The first-order chi connectivity index (χ1) is 9.74. The van der Waals surface area contributed by atoms with Crippen molar-refractivity contribution < 1.29 is 0 Å². The topological polar surface area (TPSA) is 48.7 Å². The highest BCUT2D eigenvalue weighted by molar-refractivity contribution is 9.10. The van der Waals surface area contributed by atoms with E-state index in [1.165, 1.54) is 0 Å². The molecule has 1 N–H and O–H groups in total. The van der Waals surface area contributed by atoms with E-state index in [1.807, 2.05) is 25.4 Å². The van der Waals surface area contributed by atoms with Gasteiger partial charge < -0.3 is 10.2 Å². The third-order valence-electron chi connectivity index (χ3n) is 3.61. The monoisotopic (exact) mass is 338 g/mol. The maximum atomic E-state index is 4.58. The lowest BCUT2D eigenvalue weighted by atomic mass is 10.3. The standard InChI is InChI=1S/C13H19BrN6/c1-18(9-10-19-7-4-15-5-8-19)13-16-12-11(14)3-2-6-20(12)17-13/h2-3,6,15H,4-5,7-10H2,1H3. The molecule has 3 rings (SSSR count). The molecule has 6 nitrogen and oxygen atoms in total. The number of halogens is 1. The van der Waals surface area contributed by atoms with Gasteiger partial charge in [-0.1, -0.05) is 0 Å². The van der Waals surface area contributed by atoms with Crippen LogP contribution in [0.15, 0.2) is 22.8 Å². The number of rotatable bonds is 4. The van der Waals surface area contributed by atoms with Gasteiger partial charge in [-0.3, -0.25) is 4.90 Å². The summed E-state index contributed by atoms with van der Waals surface area (Å²) in [4.78, 5) is 9.16. The SMILES string of the molecule is CN(CCN1CCNCC1)c1nc2c(Br)cccn2n1. The number of pyridine rings is 1. The summed E-state index contributed by atoms with van der Waals surface area (Å²) in [5.74, 6) is 0.770. The second-order valence-corrected chi connectivity index (χ2v) is 5.90. The van der Waals surface area contributed by atoms with Crippen LogP contribution in [-0.4, -0.2) is 65.8 Å². The molecule has 0 spiro atoms. The van der Waals surface area contributed by atoms with Crippen LogP contribution in [0.2, 0.25) is 0 Å². The number of anilines is 1. The molecule has 0 bridgehead atoms. The van der Waals surface area contributed by atoms with Crippen molar-refractivity contribution in [1.29, 1.82) is 0 Å². The molecule has 7 heteroatoms. The van der Waals surface area contributed by atoms with Crippen molar-refractivity contribution in [2.24, 2.45) is 0 Å². The fourth-order valence-corrected chi connectivity index (χ4v) is 2.77. The molecular formula is C13H19BrN6. The second kappa shape index (κ2) is 6.07. The first-order valence-corrected chi connectivity index (χ1v) is 7.68. The van der Waals surface area contributed by atoms with Crippen molar-refractivity contribution >= 4 is 27.5 Å². The van der Waals surface area contributed by atoms with E-state index in [2.05, 4.69) is 41.1 Å². The molecule has 0 saturated carbocycles. The Morgan fingerprint density at radius 1 is 1.40 bits per heavy atom. The normalized spacial score (nSPS) is 16.7. The van der Waals surface area contributed by atoms with Crippen LogP contribution in [0, 0.1) is 0 Å². The molecule has 108 valence electrons. The Balaban J connectivity index is 1.65. The minimum Gasteiger partial charge on any atom is -0.341 e. The van der Waals surface area contributed by atoms with Crippen molar-refractivity contribution in [2.45, 2.75) is 0 Å². The molecule has 2 aromatic rings. The third kappa shape index (κ3) is 2.94. The molecule has 0 amide bonds. The molecular weight excluding hydrogens is 320 g/mol. The molecule has 0 atom stereocenters. The minimum absolute atomic E-state index is 0.770. The van der Waals surface area contributed by atoms with Crippen molar-refractivity contribution in [3.8, 4) is 0 Å². The molecule has 1 aliphatic rings. The summed E-state index contributed by atoms with van der Waals surface area (Å²) in [6.07, 6.45) is 1.92. The minimum atomic E-state index is 0.770. The van der Waals surface area contributed by atoms with E-state index in [9.17, 15) is 0 Å². The van der Waals surface area contributed by atoms with Crippen molar-refractivity contribution in [3.63, 3.8) is 0 Å². The number of fused-ring (bicyclic) bond motifs is 1. The summed E-state index contributed by atoms with van der Waals surface area (Å²) in [5, 5.41) is 7.88. The van der Waals surface area contributed by atoms with E-state index in [0.29, 0.717) is 0 Å². The molecule has 2 aromatic heterocycles. The summed E-state index contributed by atoms with van der Waals surface area (Å²) >= 11 is 3.50. The molecule has 1 saturated heterocycles. The van der Waals surface area contributed by atoms with Crippen LogP contribution in [0.25, 0.3) is 5.65 Å². The number of hydrogen-bond donors (Lipinski definition) is 1. The fourth-order valence-electron chi connectivity index (χ4n) is 2.35. The van der Waals surface area contributed by atoms with Crippen LogP contribution in [0.3, 0.4) is 0 Å². The van der Waals surface area contributed by atoms with Crippen LogP contribution in [0.1, 0.15) is 0 Å². The van der Waals surface area contributed by atoms with Gasteiger partial charge in [0.15, 0.2) is 5.65 Å². The van der Waals surface area contributed by atoms with Gasteiger partial charge in [0.25, 0.3) is 0 Å². The Labute approximate surface area is 126 Å². The van der Waals surface area contributed by atoms with Gasteiger partial charge in [0.1, 0.15) is 0 Å². The van der Waals surface area contributed by atoms with Crippen LogP contribution in [-0.2, 0) is 0 Å². The van der Waals surface area contributed by atoms with E-state index in [0.717, 1.165) is 55.3 Å². The first-order valence-electron chi connectivity index (χ1n) is 6.89. The zero-order valence-electron chi connectivity index (χ0n) is 11.6. The predicted molar refractivity (Wildman–Crippen MR) is 83.3 cm³/mol. The summed E-state index contributed by atoms with van der Waals surface area (Å²) in [6, 6.07) is 3.94. The van der Waals surface area contributed by atoms with Gasteiger partial charge in [-0.15, -0.1) is 5.10 Å². The first kappa shape index (κ1) is 13.8. The molecule has 0 radical (unpaired) electrons. The largest absolute Gasteiger partial charge is 0.341 e. The number of hydrogen-bond acceptors (Lipinski definition) is 5. The van der Waals surface area contributed by atoms with Crippen molar-refractivity contribution in [2.75, 3.05) is 51.2 Å². The highest BCUT2D eigenvalue weighted by Crippen LogP contribution is 2.18. The van der Waals surface area contributed by atoms with Gasteiger partial charge in [0.2, 0.25) is 5.95 Å². The van der Waals surface area contributed by atoms with Crippen molar-refractivity contribution in [3.05, 3.63) is 22.8 Å². The van der Waals surface area contributed by atoms with Crippen LogP contribution in [0.5, 0.6) is 0 Å². The summed E-state index contributed by atoms with van der Waals surface area (Å²) in [7, 11) is 2.05. The fraction of sp³-hybridized carbons (Fsp3) is 0.538. The van der Waals surface area contributed by atoms with Crippen LogP contribution >= 0.6 is 15.9 Å². The van der Waals surface area contributed by atoms with Gasteiger partial charge >= 0.3 is 0 Å². The van der Waals surface area contributed by atoms with E-state index < -0.39 is 0 Å². The smallest absolute Gasteiger partial charge is 0.245 e. The zero-order chi connectivity index (χ0) is 13.9. The number of aromatic nitrogens is 3. The van der Waals surface area contributed by atoms with Crippen LogP contribution in [0.4, 0.5) is 5.95 Å². The third-order valence-corrected chi connectivity index (χ3v) is 4.23. The Morgan fingerprint density at radius 2 is 2.20 bits per heavy atom. The van der Waals surface area contributed by atoms with Crippen molar-refractivity contribution in [1.82, 2.24) is 24.8 Å². The van der Waals surface area contributed by atoms with E-state index in [-0.39, 0.29) is 0 Å². The highest BCUT2D eigenvalue weighted by atomic mass is 79.9.